The normalized spacial score (nSPS) is 9.42. The average molecular weight is 252 g/mol. The monoisotopic (exact) mass is 252 g/mol. The molecule has 19 heavy (non-hydrogen) atoms. The lowest BCUT2D eigenvalue weighted by Crippen LogP contribution is -2.20. The molecule has 2 aromatic carbocycles. The van der Waals surface area contributed by atoms with E-state index in [1.807, 2.05) is 54.6 Å². The van der Waals surface area contributed by atoms with Gasteiger partial charge in [0.1, 0.15) is 11.5 Å². The van der Waals surface area contributed by atoms with Crippen molar-refractivity contribution in [2.75, 3.05) is 0 Å². The van der Waals surface area contributed by atoms with Gasteiger partial charge in [0.25, 0.3) is 0 Å². The molecule has 0 unspecified atom stereocenters. The number of carbonyl (C=O) groups excluding carboxylic acids is 1. The Morgan fingerprint density at radius 3 is 2.32 bits per heavy atom. The number of nitriles is 1. The van der Waals surface area contributed by atoms with Gasteiger partial charge < -0.3 is 10.1 Å². The summed E-state index contributed by atoms with van der Waals surface area (Å²) < 4.78 is 5.64. The molecule has 0 bridgehead atoms. The maximum Gasteiger partial charge on any atom is 0.322 e. The van der Waals surface area contributed by atoms with E-state index >= 15 is 0 Å². The van der Waals surface area contributed by atoms with Crippen molar-refractivity contribution in [2.45, 2.75) is 6.54 Å². The standard InChI is InChI=1S/C15H12N2O2/c16-10-15(18)17-11-12-6-8-14(9-7-12)19-13-4-2-1-3-5-13/h1-9H,11H2,(H,17,18). The predicted octanol–water partition coefficient (Wildman–Crippen LogP) is 2.62. The summed E-state index contributed by atoms with van der Waals surface area (Å²) >= 11 is 0. The van der Waals surface area contributed by atoms with Crippen molar-refractivity contribution in [3.63, 3.8) is 0 Å². The second kappa shape index (κ2) is 6.22. The van der Waals surface area contributed by atoms with Gasteiger partial charge in [-0.15, -0.1) is 0 Å². The molecule has 1 amide bonds. The highest BCUT2D eigenvalue weighted by molar-refractivity contribution is 5.91. The van der Waals surface area contributed by atoms with E-state index in [1.165, 1.54) is 6.07 Å². The van der Waals surface area contributed by atoms with Gasteiger partial charge >= 0.3 is 5.91 Å². The van der Waals surface area contributed by atoms with E-state index in [-0.39, 0.29) is 0 Å². The van der Waals surface area contributed by atoms with E-state index < -0.39 is 5.91 Å². The van der Waals surface area contributed by atoms with Crippen molar-refractivity contribution in [3.05, 3.63) is 60.2 Å². The zero-order valence-corrected chi connectivity index (χ0v) is 10.2. The second-order valence-electron chi connectivity index (χ2n) is 3.85. The summed E-state index contributed by atoms with van der Waals surface area (Å²) in [5, 5.41) is 10.8. The van der Waals surface area contributed by atoms with Crippen molar-refractivity contribution in [3.8, 4) is 17.6 Å². The Labute approximate surface area is 111 Å². The van der Waals surface area contributed by atoms with Gasteiger partial charge in [-0.1, -0.05) is 30.3 Å². The number of carbonyl (C=O) groups is 1. The van der Waals surface area contributed by atoms with Gasteiger partial charge in [0.05, 0.1) is 0 Å². The van der Waals surface area contributed by atoms with Gasteiger partial charge in [-0.3, -0.25) is 4.79 Å². The van der Waals surface area contributed by atoms with Crippen LogP contribution in [0.25, 0.3) is 0 Å². The number of amides is 1. The fourth-order valence-electron chi connectivity index (χ4n) is 1.52. The molecule has 0 aliphatic rings. The molecule has 2 rings (SSSR count). The van der Waals surface area contributed by atoms with Crippen LogP contribution in [0.4, 0.5) is 0 Å². The van der Waals surface area contributed by atoms with Crippen LogP contribution < -0.4 is 10.1 Å². The Morgan fingerprint density at radius 2 is 1.68 bits per heavy atom. The highest BCUT2D eigenvalue weighted by Gasteiger charge is 2.00. The first-order chi connectivity index (χ1) is 9.28. The van der Waals surface area contributed by atoms with Gasteiger partial charge in [-0.2, -0.15) is 5.26 Å². The molecule has 94 valence electrons. The van der Waals surface area contributed by atoms with E-state index in [9.17, 15) is 4.79 Å². The molecule has 0 atom stereocenters. The van der Waals surface area contributed by atoms with Crippen LogP contribution in [0.2, 0.25) is 0 Å². The molecule has 0 heterocycles. The van der Waals surface area contributed by atoms with E-state index in [4.69, 9.17) is 10.00 Å². The molecule has 4 heteroatoms. The number of benzene rings is 2. The quantitative estimate of drug-likeness (QED) is 0.851. The zero-order valence-electron chi connectivity index (χ0n) is 10.2. The summed E-state index contributed by atoms with van der Waals surface area (Å²) in [7, 11) is 0. The van der Waals surface area contributed by atoms with Crippen LogP contribution >= 0.6 is 0 Å². The Balaban J connectivity index is 1.95. The van der Waals surface area contributed by atoms with Crippen molar-refractivity contribution in [1.29, 1.82) is 5.26 Å². The summed E-state index contributed by atoms with van der Waals surface area (Å²) in [5.41, 5.74) is 0.906. The molecule has 0 saturated carbocycles. The summed E-state index contributed by atoms with van der Waals surface area (Å²) in [6, 6.07) is 18.3. The number of rotatable bonds is 4. The van der Waals surface area contributed by atoms with Crippen LogP contribution in [0.15, 0.2) is 54.6 Å². The maximum atomic E-state index is 10.8. The molecule has 1 N–H and O–H groups in total. The van der Waals surface area contributed by atoms with Crippen molar-refractivity contribution < 1.29 is 9.53 Å². The SMILES string of the molecule is N#CC(=O)NCc1ccc(Oc2ccccc2)cc1. The van der Waals surface area contributed by atoms with Crippen LogP contribution in [-0.4, -0.2) is 5.91 Å². The summed E-state index contributed by atoms with van der Waals surface area (Å²) in [4.78, 5) is 10.8. The minimum atomic E-state index is -0.635. The Morgan fingerprint density at radius 1 is 1.05 bits per heavy atom. The number of hydrogen-bond acceptors (Lipinski definition) is 3. The van der Waals surface area contributed by atoms with Crippen molar-refractivity contribution in [2.24, 2.45) is 0 Å². The van der Waals surface area contributed by atoms with Crippen LogP contribution in [-0.2, 0) is 11.3 Å². The topological polar surface area (TPSA) is 62.1 Å². The van der Waals surface area contributed by atoms with Gasteiger partial charge in [0.2, 0.25) is 0 Å². The number of hydrogen-bond donors (Lipinski definition) is 1. The maximum absolute atomic E-state index is 10.8. The molecule has 0 aromatic heterocycles. The molecule has 4 nitrogen and oxygen atoms in total. The lowest BCUT2D eigenvalue weighted by Gasteiger charge is -2.06. The first kappa shape index (κ1) is 12.7. The van der Waals surface area contributed by atoms with Crippen molar-refractivity contribution >= 4 is 5.91 Å². The molecular formula is C15H12N2O2. The lowest BCUT2D eigenvalue weighted by molar-refractivity contribution is -0.116. The second-order valence-corrected chi connectivity index (χ2v) is 3.85. The van der Waals surface area contributed by atoms with E-state index in [0.29, 0.717) is 6.54 Å². The molecule has 0 aliphatic heterocycles. The summed E-state index contributed by atoms with van der Waals surface area (Å²) in [6.07, 6.45) is 0. The van der Waals surface area contributed by atoms with E-state index in [0.717, 1.165) is 17.1 Å². The van der Waals surface area contributed by atoms with Crippen LogP contribution in [0.5, 0.6) is 11.5 Å². The molecule has 2 aromatic rings. The number of nitrogens with one attached hydrogen (secondary N) is 1. The Bertz CT molecular complexity index is 586. The van der Waals surface area contributed by atoms with Crippen LogP contribution in [0.1, 0.15) is 5.56 Å². The first-order valence-corrected chi connectivity index (χ1v) is 5.78. The molecule has 0 radical (unpaired) electrons. The summed E-state index contributed by atoms with van der Waals surface area (Å²) in [6.45, 7) is 0.331. The third-order valence-corrected chi connectivity index (χ3v) is 2.46. The minimum absolute atomic E-state index is 0.331. The van der Waals surface area contributed by atoms with Gasteiger partial charge in [-0.05, 0) is 29.8 Å². The molecule has 0 spiro atoms. The third-order valence-electron chi connectivity index (χ3n) is 2.46. The number of ether oxygens (including phenoxy) is 1. The number of para-hydroxylation sites is 1. The highest BCUT2D eigenvalue weighted by Crippen LogP contribution is 2.20. The molecule has 0 aliphatic carbocycles. The zero-order chi connectivity index (χ0) is 13.5. The molecular weight excluding hydrogens is 240 g/mol. The van der Waals surface area contributed by atoms with Crippen molar-refractivity contribution in [1.82, 2.24) is 5.32 Å². The fraction of sp³-hybridized carbons (Fsp3) is 0.0667. The Hall–Kier alpha value is -2.80. The third kappa shape index (κ3) is 3.86. The van der Waals surface area contributed by atoms with Crippen LogP contribution in [0, 0.1) is 11.3 Å². The largest absolute Gasteiger partial charge is 0.457 e. The lowest BCUT2D eigenvalue weighted by atomic mass is 10.2. The molecule has 0 fully saturated rings. The first-order valence-electron chi connectivity index (χ1n) is 5.78. The molecule has 0 saturated heterocycles. The van der Waals surface area contributed by atoms with Gasteiger partial charge in [0.15, 0.2) is 6.07 Å². The predicted molar refractivity (Wildman–Crippen MR) is 70.4 cm³/mol. The minimum Gasteiger partial charge on any atom is -0.457 e. The number of nitrogens with zero attached hydrogens (tertiary/aromatic N) is 1. The summed E-state index contributed by atoms with van der Waals surface area (Å²) in [5.74, 6) is 0.860. The highest BCUT2D eigenvalue weighted by atomic mass is 16.5. The fourth-order valence-corrected chi connectivity index (χ4v) is 1.52. The smallest absolute Gasteiger partial charge is 0.322 e. The average Bonchev–Trinajstić information content (AvgIpc) is 2.47. The Kier molecular flexibility index (Phi) is 4.14. The van der Waals surface area contributed by atoms with Crippen LogP contribution in [0.3, 0.4) is 0 Å². The van der Waals surface area contributed by atoms with Gasteiger partial charge in [0, 0.05) is 6.54 Å². The van der Waals surface area contributed by atoms with E-state index in [2.05, 4.69) is 5.32 Å². The van der Waals surface area contributed by atoms with E-state index in [1.54, 1.807) is 0 Å². The van der Waals surface area contributed by atoms with Gasteiger partial charge in [-0.25, -0.2) is 0 Å².